The Labute approximate surface area is 177 Å². The number of non-ortho nitro benzene ring substituents is 1. The molecule has 0 saturated heterocycles. The Balaban J connectivity index is 1.45. The first kappa shape index (κ1) is 20.1. The zero-order valence-electron chi connectivity index (χ0n) is 16.7. The first-order valence-corrected chi connectivity index (χ1v) is 9.70. The molecule has 0 fully saturated rings. The lowest BCUT2D eigenvalue weighted by atomic mass is 10.1. The number of aromatic nitrogens is 1. The quantitative estimate of drug-likeness (QED) is 0.282. The molecule has 156 valence electrons. The highest BCUT2D eigenvalue weighted by molar-refractivity contribution is 6.10. The van der Waals surface area contributed by atoms with E-state index in [1.54, 1.807) is 0 Å². The topological polar surface area (TPSA) is 103 Å². The van der Waals surface area contributed by atoms with E-state index in [9.17, 15) is 19.7 Å². The molecule has 0 aliphatic heterocycles. The molecule has 4 rings (SSSR count). The van der Waals surface area contributed by atoms with Gasteiger partial charge in [-0.2, -0.15) is 0 Å². The Morgan fingerprint density at radius 3 is 2.42 bits per heavy atom. The number of amides is 1. The normalized spacial score (nSPS) is 10.9. The van der Waals surface area contributed by atoms with E-state index in [2.05, 4.69) is 22.9 Å². The highest BCUT2D eigenvalue weighted by Gasteiger charge is 2.14. The van der Waals surface area contributed by atoms with Gasteiger partial charge in [-0.1, -0.05) is 18.2 Å². The Hall–Kier alpha value is -4.20. The first-order valence-electron chi connectivity index (χ1n) is 9.70. The van der Waals surface area contributed by atoms with E-state index in [-0.39, 0.29) is 11.3 Å². The highest BCUT2D eigenvalue weighted by atomic mass is 16.6. The van der Waals surface area contributed by atoms with Gasteiger partial charge in [0.25, 0.3) is 11.6 Å². The molecule has 0 unspecified atom stereocenters. The Morgan fingerprint density at radius 2 is 1.71 bits per heavy atom. The molecule has 1 amide bonds. The molecule has 1 N–H and O–H groups in total. The van der Waals surface area contributed by atoms with Crippen molar-refractivity contribution >= 4 is 45.1 Å². The molecule has 1 heterocycles. The van der Waals surface area contributed by atoms with Gasteiger partial charge in [-0.3, -0.25) is 14.9 Å². The van der Waals surface area contributed by atoms with E-state index in [0.717, 1.165) is 28.4 Å². The molecule has 0 aliphatic rings. The minimum Gasteiger partial charge on any atom is -0.452 e. The summed E-state index contributed by atoms with van der Waals surface area (Å²) < 4.78 is 7.23. The zero-order chi connectivity index (χ0) is 22.0. The maximum atomic E-state index is 12.3. The molecule has 0 saturated carbocycles. The summed E-state index contributed by atoms with van der Waals surface area (Å²) in [5.74, 6) is -1.21. The fraction of sp³-hybridized carbons (Fsp3) is 0.130. The summed E-state index contributed by atoms with van der Waals surface area (Å²) in [6, 6.07) is 18.7. The first-order chi connectivity index (χ1) is 15.0. The number of aryl methyl sites for hydroxylation is 1. The van der Waals surface area contributed by atoms with Crippen LogP contribution in [0, 0.1) is 10.1 Å². The van der Waals surface area contributed by atoms with Gasteiger partial charge in [0.15, 0.2) is 6.61 Å². The van der Waals surface area contributed by atoms with Crippen LogP contribution in [-0.4, -0.2) is 28.0 Å². The number of nitro benzene ring substituents is 1. The molecule has 3 aromatic carbocycles. The molecule has 31 heavy (non-hydrogen) atoms. The minimum atomic E-state index is -0.730. The second kappa shape index (κ2) is 8.27. The average molecular weight is 417 g/mol. The second-order valence-electron chi connectivity index (χ2n) is 6.92. The molecule has 0 atom stereocenters. The average Bonchev–Trinajstić information content (AvgIpc) is 3.10. The largest absolute Gasteiger partial charge is 0.452 e. The number of anilines is 1. The summed E-state index contributed by atoms with van der Waals surface area (Å²) in [4.78, 5) is 34.5. The van der Waals surface area contributed by atoms with Gasteiger partial charge in [0.1, 0.15) is 0 Å². The van der Waals surface area contributed by atoms with Gasteiger partial charge in [-0.15, -0.1) is 0 Å². The number of hydrogen-bond acceptors (Lipinski definition) is 5. The maximum Gasteiger partial charge on any atom is 0.338 e. The number of carbonyl (C=O) groups excluding carboxylic acids is 2. The van der Waals surface area contributed by atoms with Gasteiger partial charge < -0.3 is 14.6 Å². The van der Waals surface area contributed by atoms with Crippen LogP contribution in [0.3, 0.4) is 0 Å². The predicted molar refractivity (Wildman–Crippen MR) is 117 cm³/mol. The lowest BCUT2D eigenvalue weighted by Gasteiger charge is -2.08. The van der Waals surface area contributed by atoms with Gasteiger partial charge in [0.05, 0.1) is 10.5 Å². The van der Waals surface area contributed by atoms with Crippen molar-refractivity contribution in [2.45, 2.75) is 13.5 Å². The van der Waals surface area contributed by atoms with Crippen molar-refractivity contribution in [3.8, 4) is 0 Å². The SMILES string of the molecule is CCn1c2ccccc2c2cc(NC(=O)COC(=O)c3ccc([N+](=O)[O-])cc3)ccc21. The van der Waals surface area contributed by atoms with Crippen LogP contribution in [0.15, 0.2) is 66.7 Å². The third-order valence-corrected chi connectivity index (χ3v) is 5.02. The van der Waals surface area contributed by atoms with Crippen molar-refractivity contribution in [2.24, 2.45) is 0 Å². The lowest BCUT2D eigenvalue weighted by Crippen LogP contribution is -2.20. The van der Waals surface area contributed by atoms with Crippen molar-refractivity contribution in [2.75, 3.05) is 11.9 Å². The minimum absolute atomic E-state index is 0.130. The van der Waals surface area contributed by atoms with Crippen LogP contribution in [0.25, 0.3) is 21.8 Å². The summed E-state index contributed by atoms with van der Waals surface area (Å²) in [6.45, 7) is 2.44. The summed E-state index contributed by atoms with van der Waals surface area (Å²) in [6.07, 6.45) is 0. The number of para-hydroxylation sites is 1. The molecule has 0 bridgehead atoms. The monoisotopic (exact) mass is 417 g/mol. The van der Waals surface area contributed by atoms with Gasteiger partial charge in [-0.05, 0) is 43.3 Å². The lowest BCUT2D eigenvalue weighted by molar-refractivity contribution is -0.384. The number of benzene rings is 3. The third kappa shape index (κ3) is 3.95. The maximum absolute atomic E-state index is 12.3. The molecular formula is C23H19N3O5. The van der Waals surface area contributed by atoms with Crippen molar-refractivity contribution in [1.82, 2.24) is 4.57 Å². The number of nitrogens with zero attached hydrogens (tertiary/aromatic N) is 2. The van der Waals surface area contributed by atoms with Gasteiger partial charge in [-0.25, -0.2) is 4.79 Å². The third-order valence-electron chi connectivity index (χ3n) is 5.02. The van der Waals surface area contributed by atoms with Crippen LogP contribution in [0.5, 0.6) is 0 Å². The van der Waals surface area contributed by atoms with Gasteiger partial charge in [0, 0.05) is 46.2 Å². The number of rotatable bonds is 6. The number of esters is 1. The van der Waals surface area contributed by atoms with Gasteiger partial charge in [0.2, 0.25) is 0 Å². The Morgan fingerprint density at radius 1 is 1.00 bits per heavy atom. The van der Waals surface area contributed by atoms with Crippen molar-refractivity contribution in [1.29, 1.82) is 0 Å². The van der Waals surface area contributed by atoms with E-state index in [1.165, 1.54) is 24.3 Å². The van der Waals surface area contributed by atoms with Crippen LogP contribution in [0.4, 0.5) is 11.4 Å². The molecule has 8 nitrogen and oxygen atoms in total. The summed E-state index contributed by atoms with van der Waals surface area (Å²) in [5.41, 5.74) is 2.80. The fourth-order valence-electron chi connectivity index (χ4n) is 3.60. The van der Waals surface area contributed by atoms with Crippen LogP contribution in [0.1, 0.15) is 17.3 Å². The zero-order valence-corrected chi connectivity index (χ0v) is 16.7. The summed E-state index contributed by atoms with van der Waals surface area (Å²) in [5, 5.41) is 15.5. The molecule has 0 spiro atoms. The number of nitrogens with one attached hydrogen (secondary N) is 1. The number of hydrogen-bond donors (Lipinski definition) is 1. The number of ether oxygens (including phenoxy) is 1. The molecular weight excluding hydrogens is 398 g/mol. The van der Waals surface area contributed by atoms with E-state index in [4.69, 9.17) is 4.74 Å². The van der Waals surface area contributed by atoms with Crippen molar-refractivity contribution in [3.63, 3.8) is 0 Å². The molecule has 1 aromatic heterocycles. The molecule has 4 aromatic rings. The van der Waals surface area contributed by atoms with Crippen LogP contribution in [0.2, 0.25) is 0 Å². The molecule has 0 radical (unpaired) electrons. The van der Waals surface area contributed by atoms with E-state index in [0.29, 0.717) is 5.69 Å². The van der Waals surface area contributed by atoms with Crippen molar-refractivity contribution < 1.29 is 19.2 Å². The molecule has 0 aliphatic carbocycles. The number of nitro groups is 1. The van der Waals surface area contributed by atoms with Crippen LogP contribution < -0.4 is 5.32 Å². The number of fused-ring (bicyclic) bond motifs is 3. The summed E-state index contributed by atoms with van der Waals surface area (Å²) >= 11 is 0. The van der Waals surface area contributed by atoms with Crippen LogP contribution in [-0.2, 0) is 16.1 Å². The van der Waals surface area contributed by atoms with Crippen molar-refractivity contribution in [3.05, 3.63) is 82.4 Å². The van der Waals surface area contributed by atoms with Gasteiger partial charge >= 0.3 is 5.97 Å². The molecule has 8 heteroatoms. The fourth-order valence-corrected chi connectivity index (χ4v) is 3.60. The van der Waals surface area contributed by atoms with E-state index in [1.807, 2.05) is 36.4 Å². The van der Waals surface area contributed by atoms with E-state index >= 15 is 0 Å². The summed E-state index contributed by atoms with van der Waals surface area (Å²) in [7, 11) is 0. The predicted octanol–water partition coefficient (Wildman–Crippen LogP) is 4.52. The highest BCUT2D eigenvalue weighted by Crippen LogP contribution is 2.30. The Kier molecular flexibility index (Phi) is 5.36. The van der Waals surface area contributed by atoms with E-state index < -0.39 is 23.4 Å². The smallest absolute Gasteiger partial charge is 0.338 e. The second-order valence-corrected chi connectivity index (χ2v) is 6.92. The van der Waals surface area contributed by atoms with Crippen LogP contribution >= 0.6 is 0 Å². The standard InChI is InChI=1S/C23H19N3O5/c1-2-25-20-6-4-3-5-18(20)19-13-16(9-12-21(19)25)24-22(27)14-31-23(28)15-7-10-17(11-8-15)26(29)30/h3-13H,2,14H2,1H3,(H,24,27). The Bertz CT molecular complexity index is 1310. The number of carbonyl (C=O) groups is 2.